The van der Waals surface area contributed by atoms with Crippen molar-refractivity contribution in [2.24, 2.45) is 0 Å². The number of nitrogens with one attached hydrogen (secondary N) is 1. The first-order valence-corrected chi connectivity index (χ1v) is 10.00. The van der Waals surface area contributed by atoms with Crippen molar-refractivity contribution >= 4 is 22.7 Å². The highest BCUT2D eigenvalue weighted by Crippen LogP contribution is 2.32. The molecule has 1 fully saturated rings. The fourth-order valence-electron chi connectivity index (χ4n) is 4.08. The maximum absolute atomic E-state index is 13.2. The van der Waals surface area contributed by atoms with Crippen LogP contribution in [0.5, 0.6) is 0 Å². The largest absolute Gasteiger partial charge is 0.417 e. The number of alkyl halides is 3. The second kappa shape index (κ2) is 7.76. The molecule has 3 aromatic rings. The van der Waals surface area contributed by atoms with Crippen LogP contribution >= 0.6 is 0 Å². The molecule has 2 amide bonds. The second-order valence-corrected chi connectivity index (χ2v) is 7.85. The number of aromatic nitrogens is 1. The van der Waals surface area contributed by atoms with Gasteiger partial charge < -0.3 is 14.8 Å². The summed E-state index contributed by atoms with van der Waals surface area (Å²) in [6.45, 7) is 4.84. The first kappa shape index (κ1) is 21.0. The van der Waals surface area contributed by atoms with E-state index in [9.17, 15) is 22.8 Å². The number of fused-ring (bicyclic) bond motifs is 1. The van der Waals surface area contributed by atoms with Gasteiger partial charge in [0.1, 0.15) is 5.69 Å². The molecular weight excluding hydrogens is 407 g/mol. The molecule has 1 saturated heterocycles. The van der Waals surface area contributed by atoms with Crippen LogP contribution in [0, 0.1) is 13.8 Å². The summed E-state index contributed by atoms with van der Waals surface area (Å²) < 4.78 is 39.7. The summed E-state index contributed by atoms with van der Waals surface area (Å²) in [4.78, 5) is 31.8. The SMILES string of the molecule is Cc1cc(C)c2cc(C(=O)N3CCN(C(=O)c4ccccc4C(F)(F)F)CC3)[nH]c2c1. The molecule has 0 atom stereocenters. The van der Waals surface area contributed by atoms with E-state index in [4.69, 9.17) is 0 Å². The molecule has 1 aromatic heterocycles. The molecule has 0 aliphatic carbocycles. The number of amides is 2. The monoisotopic (exact) mass is 429 g/mol. The minimum atomic E-state index is -4.60. The standard InChI is InChI=1S/C23H22F3N3O2/c1-14-11-15(2)17-13-20(27-19(17)12-14)22(31)29-9-7-28(8-10-29)21(30)16-5-3-4-6-18(16)23(24,25)26/h3-6,11-13,27H,7-10H2,1-2H3. The number of benzene rings is 2. The van der Waals surface area contributed by atoms with Gasteiger partial charge in [-0.15, -0.1) is 0 Å². The number of aromatic amines is 1. The van der Waals surface area contributed by atoms with E-state index in [-0.39, 0.29) is 37.6 Å². The number of piperazine rings is 1. The molecule has 0 saturated carbocycles. The summed E-state index contributed by atoms with van der Waals surface area (Å²) in [5, 5.41) is 0.978. The number of halogens is 3. The van der Waals surface area contributed by atoms with Crippen LogP contribution in [0.15, 0.2) is 42.5 Å². The van der Waals surface area contributed by atoms with E-state index < -0.39 is 17.6 Å². The molecule has 0 radical (unpaired) electrons. The minimum absolute atomic E-state index is 0.176. The van der Waals surface area contributed by atoms with E-state index in [0.717, 1.165) is 28.1 Å². The van der Waals surface area contributed by atoms with Crippen LogP contribution in [-0.2, 0) is 6.18 Å². The van der Waals surface area contributed by atoms with Gasteiger partial charge in [0.25, 0.3) is 11.8 Å². The lowest BCUT2D eigenvalue weighted by Gasteiger charge is -2.35. The molecule has 0 unspecified atom stereocenters. The van der Waals surface area contributed by atoms with Crippen LogP contribution in [0.1, 0.15) is 37.5 Å². The fraction of sp³-hybridized carbons (Fsp3) is 0.304. The lowest BCUT2D eigenvalue weighted by Crippen LogP contribution is -2.50. The highest BCUT2D eigenvalue weighted by atomic mass is 19.4. The van der Waals surface area contributed by atoms with Gasteiger partial charge in [-0.3, -0.25) is 9.59 Å². The number of carbonyl (C=O) groups is 2. The van der Waals surface area contributed by atoms with E-state index in [1.54, 1.807) is 4.90 Å². The summed E-state index contributed by atoms with van der Waals surface area (Å²) in [5.41, 5.74) is 2.21. The van der Waals surface area contributed by atoms with Gasteiger partial charge in [-0.1, -0.05) is 18.2 Å². The Kier molecular flexibility index (Phi) is 5.24. The number of aryl methyl sites for hydroxylation is 2. The number of nitrogens with zero attached hydrogens (tertiary/aromatic N) is 2. The number of hydrogen-bond acceptors (Lipinski definition) is 2. The summed E-state index contributed by atoms with van der Waals surface area (Å²) in [7, 11) is 0. The Balaban J connectivity index is 1.47. The molecule has 1 aliphatic heterocycles. The molecule has 4 rings (SSSR count). The van der Waals surface area contributed by atoms with Crippen molar-refractivity contribution in [3.63, 3.8) is 0 Å². The highest BCUT2D eigenvalue weighted by molar-refractivity contribution is 5.99. The molecule has 2 aromatic carbocycles. The van der Waals surface area contributed by atoms with E-state index in [0.29, 0.717) is 5.69 Å². The zero-order valence-electron chi connectivity index (χ0n) is 17.2. The van der Waals surface area contributed by atoms with Crippen LogP contribution in [0.2, 0.25) is 0 Å². The van der Waals surface area contributed by atoms with Crippen LogP contribution in [0.3, 0.4) is 0 Å². The Bertz CT molecular complexity index is 1160. The molecule has 0 spiro atoms. The van der Waals surface area contributed by atoms with E-state index in [1.165, 1.54) is 23.1 Å². The number of hydrogen-bond donors (Lipinski definition) is 1. The summed E-state index contributed by atoms with van der Waals surface area (Å²) in [5.74, 6) is -0.854. The number of rotatable bonds is 2. The van der Waals surface area contributed by atoms with Crippen molar-refractivity contribution in [3.05, 3.63) is 70.4 Å². The first-order valence-electron chi connectivity index (χ1n) is 10.00. The Hall–Kier alpha value is -3.29. The molecule has 0 bridgehead atoms. The van der Waals surface area contributed by atoms with Crippen LogP contribution < -0.4 is 0 Å². The van der Waals surface area contributed by atoms with Crippen molar-refractivity contribution < 1.29 is 22.8 Å². The topological polar surface area (TPSA) is 56.4 Å². The predicted molar refractivity (Wildman–Crippen MR) is 111 cm³/mol. The van der Waals surface area contributed by atoms with Crippen molar-refractivity contribution in [1.82, 2.24) is 14.8 Å². The zero-order chi connectivity index (χ0) is 22.3. The Morgan fingerprint density at radius 1 is 0.903 bits per heavy atom. The maximum atomic E-state index is 13.2. The molecule has 8 heteroatoms. The van der Waals surface area contributed by atoms with Gasteiger partial charge in [-0.2, -0.15) is 13.2 Å². The third kappa shape index (κ3) is 4.02. The fourth-order valence-corrected chi connectivity index (χ4v) is 4.08. The van der Waals surface area contributed by atoms with E-state index in [2.05, 4.69) is 4.98 Å². The molecule has 5 nitrogen and oxygen atoms in total. The van der Waals surface area contributed by atoms with Crippen LogP contribution in [-0.4, -0.2) is 52.8 Å². The van der Waals surface area contributed by atoms with E-state index in [1.807, 2.05) is 32.0 Å². The normalized spacial score (nSPS) is 14.9. The zero-order valence-corrected chi connectivity index (χ0v) is 17.2. The van der Waals surface area contributed by atoms with E-state index >= 15 is 0 Å². The Morgan fingerprint density at radius 3 is 2.16 bits per heavy atom. The summed E-state index contributed by atoms with van der Waals surface area (Å²) >= 11 is 0. The Morgan fingerprint density at radius 2 is 1.52 bits per heavy atom. The summed E-state index contributed by atoms with van der Waals surface area (Å²) in [6, 6.07) is 10.6. The van der Waals surface area contributed by atoms with Crippen molar-refractivity contribution in [3.8, 4) is 0 Å². The molecule has 2 heterocycles. The quantitative estimate of drug-likeness (QED) is 0.657. The predicted octanol–water partition coefficient (Wildman–Crippen LogP) is 4.40. The first-order chi connectivity index (χ1) is 14.6. The van der Waals surface area contributed by atoms with Gasteiger partial charge >= 0.3 is 6.18 Å². The van der Waals surface area contributed by atoms with Crippen LogP contribution in [0.25, 0.3) is 10.9 Å². The molecule has 31 heavy (non-hydrogen) atoms. The lowest BCUT2D eigenvalue weighted by atomic mass is 10.1. The average molecular weight is 429 g/mol. The molecular formula is C23H22F3N3O2. The van der Waals surface area contributed by atoms with Crippen molar-refractivity contribution in [1.29, 1.82) is 0 Å². The summed E-state index contributed by atoms with van der Waals surface area (Å²) in [6.07, 6.45) is -4.60. The molecule has 1 aliphatic rings. The number of carbonyl (C=O) groups excluding carboxylic acids is 2. The van der Waals surface area contributed by atoms with Gasteiger partial charge in [0.2, 0.25) is 0 Å². The molecule has 1 N–H and O–H groups in total. The average Bonchev–Trinajstić information content (AvgIpc) is 3.16. The lowest BCUT2D eigenvalue weighted by molar-refractivity contribution is -0.138. The van der Waals surface area contributed by atoms with Crippen molar-refractivity contribution in [2.75, 3.05) is 26.2 Å². The molecule has 162 valence electrons. The van der Waals surface area contributed by atoms with Gasteiger partial charge in [-0.25, -0.2) is 0 Å². The third-order valence-corrected chi connectivity index (χ3v) is 5.64. The van der Waals surface area contributed by atoms with Gasteiger partial charge in [0.15, 0.2) is 0 Å². The van der Waals surface area contributed by atoms with Crippen molar-refractivity contribution in [2.45, 2.75) is 20.0 Å². The maximum Gasteiger partial charge on any atom is 0.417 e. The van der Waals surface area contributed by atoms with Crippen LogP contribution in [0.4, 0.5) is 13.2 Å². The number of H-pyrrole nitrogens is 1. The third-order valence-electron chi connectivity index (χ3n) is 5.64. The van der Waals surface area contributed by atoms with Gasteiger partial charge in [0, 0.05) is 37.1 Å². The minimum Gasteiger partial charge on any atom is -0.351 e. The smallest absolute Gasteiger partial charge is 0.351 e. The highest BCUT2D eigenvalue weighted by Gasteiger charge is 2.36. The Labute approximate surface area is 177 Å². The van der Waals surface area contributed by atoms with Gasteiger partial charge in [-0.05, 0) is 49.2 Å². The van der Waals surface area contributed by atoms with Gasteiger partial charge in [0.05, 0.1) is 11.1 Å². The second-order valence-electron chi connectivity index (χ2n) is 7.85.